The lowest BCUT2D eigenvalue weighted by Gasteiger charge is -2.13. The van der Waals surface area contributed by atoms with Crippen molar-refractivity contribution in [3.63, 3.8) is 0 Å². The number of aromatic nitrogens is 7. The average Bonchev–Trinajstić information content (AvgIpc) is 3.54. The number of fused-ring (bicyclic) bond motifs is 1. The van der Waals surface area contributed by atoms with E-state index in [2.05, 4.69) is 37.8 Å². The number of methoxy groups -OCH3 is 1. The molecule has 0 N–H and O–H groups in total. The van der Waals surface area contributed by atoms with Gasteiger partial charge in [-0.15, -0.1) is 5.10 Å². The van der Waals surface area contributed by atoms with Crippen molar-refractivity contribution in [3.05, 3.63) is 89.6 Å². The van der Waals surface area contributed by atoms with Crippen molar-refractivity contribution >= 4 is 11.4 Å². The Kier molecular flexibility index (Phi) is 5.91. The minimum absolute atomic E-state index is 0.0621. The van der Waals surface area contributed by atoms with Crippen LogP contribution in [0.4, 0.5) is 4.39 Å². The molecule has 6 rings (SSSR count). The number of benzene rings is 1. The summed E-state index contributed by atoms with van der Waals surface area (Å²) in [6.07, 6.45) is 11.5. The molecule has 0 spiro atoms. The summed E-state index contributed by atoms with van der Waals surface area (Å²) < 4.78 is 23.9. The third-order valence-electron chi connectivity index (χ3n) is 6.65. The van der Waals surface area contributed by atoms with E-state index in [-0.39, 0.29) is 30.1 Å². The number of hydrogen-bond donors (Lipinski definition) is 0. The Morgan fingerprint density at radius 3 is 2.78 bits per heavy atom. The van der Waals surface area contributed by atoms with Gasteiger partial charge in [0.2, 0.25) is 0 Å². The monoisotopic (exact) mass is 497 g/mol. The van der Waals surface area contributed by atoms with Crippen molar-refractivity contribution in [2.75, 3.05) is 7.11 Å². The lowest BCUT2D eigenvalue weighted by Crippen LogP contribution is -2.05. The fourth-order valence-electron chi connectivity index (χ4n) is 4.55. The summed E-state index contributed by atoms with van der Waals surface area (Å²) in [5.74, 6) is 0.0687. The van der Waals surface area contributed by atoms with Gasteiger partial charge >= 0.3 is 0 Å². The first-order chi connectivity index (χ1) is 18.1. The molecular formula is C27H24FN7O2. The molecule has 1 fully saturated rings. The smallest absolute Gasteiger partial charge is 0.185 e. The molecule has 1 saturated carbocycles. The van der Waals surface area contributed by atoms with Gasteiger partial charge in [-0.05, 0) is 54.5 Å². The van der Waals surface area contributed by atoms with Gasteiger partial charge in [-0.1, -0.05) is 17.3 Å². The second kappa shape index (κ2) is 9.53. The maximum absolute atomic E-state index is 15.2. The molecule has 0 unspecified atom stereocenters. The first-order valence-electron chi connectivity index (χ1n) is 12.1. The van der Waals surface area contributed by atoms with E-state index in [0.717, 1.165) is 11.3 Å². The molecule has 0 atom stereocenters. The van der Waals surface area contributed by atoms with Gasteiger partial charge in [0.05, 0.1) is 37.9 Å². The van der Waals surface area contributed by atoms with Crippen molar-refractivity contribution < 1.29 is 13.9 Å². The normalized spacial score (nSPS) is 13.2. The van der Waals surface area contributed by atoms with E-state index < -0.39 is 5.82 Å². The van der Waals surface area contributed by atoms with Crippen LogP contribution >= 0.6 is 0 Å². The molecule has 37 heavy (non-hydrogen) atoms. The highest BCUT2D eigenvalue weighted by molar-refractivity contribution is 5.94. The minimum Gasteiger partial charge on any atom is -0.494 e. The summed E-state index contributed by atoms with van der Waals surface area (Å²) in [5, 5.41) is 15.8. The molecule has 0 radical (unpaired) electrons. The molecule has 4 aromatic heterocycles. The highest BCUT2D eigenvalue weighted by Gasteiger charge is 2.24. The van der Waals surface area contributed by atoms with E-state index in [1.165, 1.54) is 25.5 Å². The topological polar surface area (TPSA) is 100 Å². The molecule has 0 aliphatic heterocycles. The largest absolute Gasteiger partial charge is 0.494 e. The number of rotatable bonds is 9. The Balaban J connectivity index is 1.17. The van der Waals surface area contributed by atoms with Gasteiger partial charge in [-0.3, -0.25) is 4.79 Å². The third kappa shape index (κ3) is 4.69. The Labute approximate surface area is 211 Å². The Morgan fingerprint density at radius 1 is 1.11 bits per heavy atom. The van der Waals surface area contributed by atoms with Crippen molar-refractivity contribution in [1.29, 1.82) is 0 Å². The van der Waals surface area contributed by atoms with Crippen molar-refractivity contribution in [3.8, 4) is 16.9 Å². The van der Waals surface area contributed by atoms with E-state index in [1.807, 2.05) is 16.7 Å². The molecule has 186 valence electrons. The summed E-state index contributed by atoms with van der Waals surface area (Å²) in [6.45, 7) is 0.393. The van der Waals surface area contributed by atoms with Crippen LogP contribution in [0.1, 0.15) is 52.5 Å². The Bertz CT molecular complexity index is 1590. The summed E-state index contributed by atoms with van der Waals surface area (Å²) in [6, 6.07) is 9.24. The Hall–Kier alpha value is -4.47. The molecule has 5 aromatic rings. The van der Waals surface area contributed by atoms with Crippen molar-refractivity contribution in [1.82, 2.24) is 34.6 Å². The fourth-order valence-corrected chi connectivity index (χ4v) is 4.55. The van der Waals surface area contributed by atoms with Crippen LogP contribution in [0.2, 0.25) is 0 Å². The first kappa shape index (κ1) is 23.0. The zero-order chi connectivity index (χ0) is 25.4. The quantitative estimate of drug-likeness (QED) is 0.280. The molecule has 10 heteroatoms. The van der Waals surface area contributed by atoms with Gasteiger partial charge in [0.25, 0.3) is 0 Å². The number of nitrogens with zero attached hydrogens (tertiary/aromatic N) is 7. The molecule has 0 saturated heterocycles. The number of ether oxygens (including phenoxy) is 1. The average molecular weight is 498 g/mol. The SMILES string of the molecule is COc1ccc(-c2ccnnc2)c(CCC(=O)c2cn(Cc3cn4cc(C5CC5)ccc4n3)nn2)c1F. The Morgan fingerprint density at radius 2 is 2.00 bits per heavy atom. The molecule has 1 aromatic carbocycles. The fraction of sp³-hybridized carbons (Fsp3) is 0.259. The molecule has 4 heterocycles. The van der Waals surface area contributed by atoms with Crippen molar-refractivity contribution in [2.24, 2.45) is 0 Å². The van der Waals surface area contributed by atoms with E-state index >= 15 is 4.39 Å². The predicted octanol–water partition coefficient (Wildman–Crippen LogP) is 4.27. The number of ketones is 1. The van der Waals surface area contributed by atoms with Gasteiger partial charge in [0.15, 0.2) is 17.3 Å². The van der Waals surface area contributed by atoms with Crippen LogP contribution in [0.15, 0.2) is 61.3 Å². The van der Waals surface area contributed by atoms with Crippen LogP contribution in [0.25, 0.3) is 16.8 Å². The van der Waals surface area contributed by atoms with Crippen LogP contribution in [0.5, 0.6) is 5.75 Å². The minimum atomic E-state index is -0.495. The van der Waals surface area contributed by atoms with Gasteiger partial charge in [0, 0.05) is 29.9 Å². The zero-order valence-electron chi connectivity index (χ0n) is 20.2. The van der Waals surface area contributed by atoms with Gasteiger partial charge in [0.1, 0.15) is 11.3 Å². The van der Waals surface area contributed by atoms with Gasteiger partial charge < -0.3 is 9.14 Å². The van der Waals surface area contributed by atoms with Gasteiger partial charge in [-0.25, -0.2) is 14.1 Å². The lowest BCUT2D eigenvalue weighted by molar-refractivity contribution is 0.0977. The summed E-state index contributed by atoms with van der Waals surface area (Å²) in [5.41, 5.74) is 4.99. The summed E-state index contributed by atoms with van der Waals surface area (Å²) >= 11 is 0. The number of halogens is 1. The van der Waals surface area contributed by atoms with Crippen LogP contribution in [-0.2, 0) is 13.0 Å². The molecule has 1 aliphatic rings. The van der Waals surface area contributed by atoms with Crippen LogP contribution in [0.3, 0.4) is 0 Å². The molecule has 9 nitrogen and oxygen atoms in total. The molecule has 1 aliphatic carbocycles. The number of imidazole rings is 1. The number of carbonyl (C=O) groups excluding carboxylic acids is 1. The van der Waals surface area contributed by atoms with E-state index in [1.54, 1.807) is 41.5 Å². The maximum Gasteiger partial charge on any atom is 0.185 e. The predicted molar refractivity (Wildman–Crippen MR) is 133 cm³/mol. The number of carbonyl (C=O) groups is 1. The second-order valence-electron chi connectivity index (χ2n) is 9.20. The van der Waals surface area contributed by atoms with E-state index in [4.69, 9.17) is 4.74 Å². The number of hydrogen-bond acceptors (Lipinski definition) is 7. The molecule has 0 bridgehead atoms. The number of pyridine rings is 1. The molecule has 0 amide bonds. The number of Topliss-reactive ketones (excluding diaryl/α,β-unsaturated/α-hetero) is 1. The van der Waals surface area contributed by atoms with Crippen LogP contribution < -0.4 is 4.74 Å². The third-order valence-corrected chi connectivity index (χ3v) is 6.65. The van der Waals surface area contributed by atoms with Crippen LogP contribution in [-0.4, -0.2) is 47.5 Å². The highest BCUT2D eigenvalue weighted by atomic mass is 19.1. The standard InChI is InChI=1S/C27H24FN7O2/c1-37-25-8-6-21(18-10-11-29-30-12-18)22(27(25)28)5-7-24(36)23-16-35(33-32-23)15-20-14-34-13-19(17-2-3-17)4-9-26(34)31-20/h4,6,8-14,16-17H,2-3,5,7,15H2,1H3. The lowest BCUT2D eigenvalue weighted by atomic mass is 9.95. The van der Waals surface area contributed by atoms with E-state index in [0.29, 0.717) is 29.2 Å². The van der Waals surface area contributed by atoms with Crippen LogP contribution in [0, 0.1) is 5.82 Å². The first-order valence-corrected chi connectivity index (χ1v) is 12.1. The van der Waals surface area contributed by atoms with Crippen molar-refractivity contribution in [2.45, 2.75) is 38.1 Å². The van der Waals surface area contributed by atoms with E-state index in [9.17, 15) is 4.79 Å². The zero-order valence-corrected chi connectivity index (χ0v) is 20.2. The summed E-state index contributed by atoms with van der Waals surface area (Å²) in [4.78, 5) is 17.6. The summed E-state index contributed by atoms with van der Waals surface area (Å²) in [7, 11) is 1.41. The highest BCUT2D eigenvalue weighted by Crippen LogP contribution is 2.40. The maximum atomic E-state index is 15.2. The van der Waals surface area contributed by atoms with Gasteiger partial charge in [-0.2, -0.15) is 10.2 Å². The second-order valence-corrected chi connectivity index (χ2v) is 9.20. The molecular weight excluding hydrogens is 473 g/mol.